The van der Waals surface area contributed by atoms with Crippen LogP contribution in [-0.4, -0.2) is 18.7 Å². The fourth-order valence-electron chi connectivity index (χ4n) is 1.84. The standard InChI is InChI=1S/C16H13F4NO2/c1-10-7-14(23-9-16(18,19)20)12(17)8-13(10)21-15(22)11-5-3-2-4-6-11/h2-8H,9H2,1H3,(H,21,22). The number of carbonyl (C=O) groups excluding carboxylic acids is 1. The molecule has 0 heterocycles. The number of hydrogen-bond acceptors (Lipinski definition) is 2. The molecule has 0 aliphatic heterocycles. The number of alkyl halides is 3. The molecule has 2 aromatic carbocycles. The molecule has 23 heavy (non-hydrogen) atoms. The Morgan fingerprint density at radius 1 is 1.17 bits per heavy atom. The van der Waals surface area contributed by atoms with E-state index in [1.165, 1.54) is 6.92 Å². The Labute approximate surface area is 129 Å². The summed E-state index contributed by atoms with van der Waals surface area (Å²) in [5.74, 6) is -1.95. The highest BCUT2D eigenvalue weighted by atomic mass is 19.4. The summed E-state index contributed by atoms with van der Waals surface area (Å²) in [5, 5.41) is 2.51. The van der Waals surface area contributed by atoms with Crippen LogP contribution < -0.4 is 10.1 Å². The first-order valence-corrected chi connectivity index (χ1v) is 6.62. The Kier molecular flexibility index (Phi) is 4.88. The molecular formula is C16H13F4NO2. The Hall–Kier alpha value is -2.57. The van der Waals surface area contributed by atoms with E-state index in [2.05, 4.69) is 10.1 Å². The lowest BCUT2D eigenvalue weighted by atomic mass is 10.1. The van der Waals surface area contributed by atoms with Crippen LogP contribution in [0.15, 0.2) is 42.5 Å². The smallest absolute Gasteiger partial charge is 0.422 e. The van der Waals surface area contributed by atoms with Gasteiger partial charge in [-0.05, 0) is 30.7 Å². The second-order valence-electron chi connectivity index (χ2n) is 4.82. The number of rotatable bonds is 4. The Morgan fingerprint density at radius 2 is 1.83 bits per heavy atom. The van der Waals surface area contributed by atoms with Crippen molar-refractivity contribution in [2.75, 3.05) is 11.9 Å². The molecule has 0 saturated carbocycles. The molecule has 2 aromatic rings. The van der Waals surface area contributed by atoms with Crippen molar-refractivity contribution in [3.05, 3.63) is 59.4 Å². The van der Waals surface area contributed by atoms with Crippen LogP contribution in [0.1, 0.15) is 15.9 Å². The van der Waals surface area contributed by atoms with Crippen molar-refractivity contribution >= 4 is 11.6 Å². The third-order valence-electron chi connectivity index (χ3n) is 2.95. The Morgan fingerprint density at radius 3 is 2.43 bits per heavy atom. The number of nitrogens with one attached hydrogen (secondary N) is 1. The van der Waals surface area contributed by atoms with Gasteiger partial charge in [0, 0.05) is 17.3 Å². The van der Waals surface area contributed by atoms with Gasteiger partial charge in [-0.2, -0.15) is 13.2 Å². The largest absolute Gasteiger partial charge is 0.481 e. The highest BCUT2D eigenvalue weighted by Crippen LogP contribution is 2.27. The van der Waals surface area contributed by atoms with Gasteiger partial charge in [-0.15, -0.1) is 0 Å². The first kappa shape index (κ1) is 16.8. The summed E-state index contributed by atoms with van der Waals surface area (Å²) in [6.07, 6.45) is -4.56. The Bertz CT molecular complexity index is 699. The average molecular weight is 327 g/mol. The third kappa shape index (κ3) is 4.70. The average Bonchev–Trinajstić information content (AvgIpc) is 2.49. The van der Waals surface area contributed by atoms with Gasteiger partial charge in [-0.3, -0.25) is 4.79 Å². The maximum Gasteiger partial charge on any atom is 0.422 e. The molecule has 0 unspecified atom stereocenters. The summed E-state index contributed by atoms with van der Waals surface area (Å²) in [4.78, 5) is 12.0. The first-order valence-electron chi connectivity index (χ1n) is 6.62. The van der Waals surface area contributed by atoms with Crippen LogP contribution in [-0.2, 0) is 0 Å². The second kappa shape index (κ2) is 6.68. The van der Waals surface area contributed by atoms with Crippen LogP contribution in [0.25, 0.3) is 0 Å². The summed E-state index contributed by atoms with van der Waals surface area (Å²) in [5.41, 5.74) is 0.924. The van der Waals surface area contributed by atoms with E-state index in [1.807, 2.05) is 0 Å². The number of ether oxygens (including phenoxy) is 1. The highest BCUT2D eigenvalue weighted by Gasteiger charge is 2.29. The number of carbonyl (C=O) groups is 1. The predicted molar refractivity (Wildman–Crippen MR) is 77.1 cm³/mol. The van der Waals surface area contributed by atoms with Gasteiger partial charge >= 0.3 is 6.18 Å². The Balaban J connectivity index is 2.15. The van der Waals surface area contributed by atoms with E-state index in [0.717, 1.165) is 12.1 Å². The minimum absolute atomic E-state index is 0.163. The molecule has 1 N–H and O–H groups in total. The van der Waals surface area contributed by atoms with Gasteiger partial charge < -0.3 is 10.1 Å². The van der Waals surface area contributed by atoms with E-state index in [4.69, 9.17) is 0 Å². The van der Waals surface area contributed by atoms with E-state index < -0.39 is 30.3 Å². The monoisotopic (exact) mass is 327 g/mol. The number of hydrogen-bond donors (Lipinski definition) is 1. The van der Waals surface area contributed by atoms with Crippen LogP contribution in [0.3, 0.4) is 0 Å². The van der Waals surface area contributed by atoms with Gasteiger partial charge in [0.25, 0.3) is 5.91 Å². The number of benzene rings is 2. The lowest BCUT2D eigenvalue weighted by molar-refractivity contribution is -0.153. The zero-order chi connectivity index (χ0) is 17.0. The number of amides is 1. The molecule has 2 rings (SSSR count). The topological polar surface area (TPSA) is 38.3 Å². The van der Waals surface area contributed by atoms with Crippen molar-refractivity contribution < 1.29 is 27.1 Å². The van der Waals surface area contributed by atoms with Crippen molar-refractivity contribution in [3.8, 4) is 5.75 Å². The normalized spacial score (nSPS) is 11.2. The lowest BCUT2D eigenvalue weighted by Gasteiger charge is -2.13. The van der Waals surface area contributed by atoms with Gasteiger partial charge in [-0.25, -0.2) is 4.39 Å². The zero-order valence-electron chi connectivity index (χ0n) is 12.1. The van der Waals surface area contributed by atoms with Crippen molar-refractivity contribution in [2.24, 2.45) is 0 Å². The zero-order valence-corrected chi connectivity index (χ0v) is 12.1. The molecule has 0 fully saturated rings. The number of aryl methyl sites for hydroxylation is 1. The number of anilines is 1. The third-order valence-corrected chi connectivity index (χ3v) is 2.95. The van der Waals surface area contributed by atoms with Crippen LogP contribution in [0.5, 0.6) is 5.75 Å². The van der Waals surface area contributed by atoms with Gasteiger partial charge in [0.15, 0.2) is 18.2 Å². The molecule has 0 aliphatic rings. The van der Waals surface area contributed by atoms with Crippen molar-refractivity contribution in [2.45, 2.75) is 13.1 Å². The molecule has 0 aromatic heterocycles. The highest BCUT2D eigenvalue weighted by molar-refractivity contribution is 6.04. The van der Waals surface area contributed by atoms with Gasteiger partial charge in [-0.1, -0.05) is 18.2 Å². The molecule has 0 bridgehead atoms. The van der Waals surface area contributed by atoms with E-state index in [9.17, 15) is 22.4 Å². The molecule has 0 atom stereocenters. The maximum absolute atomic E-state index is 13.8. The lowest BCUT2D eigenvalue weighted by Crippen LogP contribution is -2.20. The van der Waals surface area contributed by atoms with E-state index in [-0.39, 0.29) is 5.69 Å². The fourth-order valence-corrected chi connectivity index (χ4v) is 1.84. The summed E-state index contributed by atoms with van der Waals surface area (Å²) >= 11 is 0. The molecule has 122 valence electrons. The SMILES string of the molecule is Cc1cc(OCC(F)(F)F)c(F)cc1NC(=O)c1ccccc1. The van der Waals surface area contributed by atoms with Gasteiger partial charge in [0.05, 0.1) is 0 Å². The quantitative estimate of drug-likeness (QED) is 0.849. The molecule has 7 heteroatoms. The van der Waals surface area contributed by atoms with Crippen LogP contribution in [0, 0.1) is 12.7 Å². The van der Waals surface area contributed by atoms with E-state index >= 15 is 0 Å². The van der Waals surface area contributed by atoms with Crippen LogP contribution >= 0.6 is 0 Å². The van der Waals surface area contributed by atoms with Gasteiger partial charge in [0.1, 0.15) is 0 Å². The minimum atomic E-state index is -4.56. The molecule has 0 spiro atoms. The summed E-state index contributed by atoms with van der Waals surface area (Å²) < 4.78 is 54.6. The molecule has 0 radical (unpaired) electrons. The molecule has 0 saturated heterocycles. The molecule has 1 amide bonds. The van der Waals surface area contributed by atoms with E-state index in [0.29, 0.717) is 11.1 Å². The number of halogens is 4. The summed E-state index contributed by atoms with van der Waals surface area (Å²) in [7, 11) is 0. The van der Waals surface area contributed by atoms with Crippen LogP contribution in [0.4, 0.5) is 23.2 Å². The molecular weight excluding hydrogens is 314 g/mol. The van der Waals surface area contributed by atoms with Crippen molar-refractivity contribution in [1.29, 1.82) is 0 Å². The minimum Gasteiger partial charge on any atom is -0.481 e. The molecule has 0 aliphatic carbocycles. The summed E-state index contributed by atoms with van der Waals surface area (Å²) in [6.45, 7) is -0.0560. The van der Waals surface area contributed by atoms with Crippen molar-refractivity contribution in [3.63, 3.8) is 0 Å². The van der Waals surface area contributed by atoms with E-state index in [1.54, 1.807) is 30.3 Å². The fraction of sp³-hybridized carbons (Fsp3) is 0.188. The summed E-state index contributed by atoms with van der Waals surface area (Å²) in [6, 6.07) is 10.3. The maximum atomic E-state index is 13.8. The first-order chi connectivity index (χ1) is 10.8. The van der Waals surface area contributed by atoms with Gasteiger partial charge in [0.2, 0.25) is 0 Å². The van der Waals surface area contributed by atoms with Crippen molar-refractivity contribution in [1.82, 2.24) is 0 Å². The van der Waals surface area contributed by atoms with Crippen LogP contribution in [0.2, 0.25) is 0 Å². The predicted octanol–water partition coefficient (Wildman–Crippen LogP) is 4.33. The second-order valence-corrected chi connectivity index (χ2v) is 4.82. The molecule has 3 nitrogen and oxygen atoms in total.